The lowest BCUT2D eigenvalue weighted by molar-refractivity contribution is -0.120. The minimum absolute atomic E-state index is 0.208. The number of benzene rings is 1. The molecule has 3 heteroatoms. The monoisotopic (exact) mass is 249 g/mol. The van der Waals surface area contributed by atoms with E-state index < -0.39 is 0 Å². The maximum absolute atomic E-state index is 5.79. The lowest BCUT2D eigenvalue weighted by Gasteiger charge is -2.37. The normalized spacial score (nSPS) is 17.2. The van der Waals surface area contributed by atoms with E-state index >= 15 is 0 Å². The smallest absolute Gasteiger partial charge is 0.119 e. The van der Waals surface area contributed by atoms with Crippen LogP contribution in [0.2, 0.25) is 0 Å². The standard InChI is InChI=1S/C15H23NO2/c1-15(10-17-11-15)12-18-14-7-5-13(6-8-14)4-2-3-9-16/h5-8H,2-4,9-12,16H2,1H3. The molecule has 100 valence electrons. The lowest BCUT2D eigenvalue weighted by Crippen LogP contribution is -2.44. The maximum Gasteiger partial charge on any atom is 0.119 e. The topological polar surface area (TPSA) is 44.5 Å². The molecule has 1 fully saturated rings. The fraction of sp³-hybridized carbons (Fsp3) is 0.600. The number of aryl methyl sites for hydroxylation is 1. The first-order valence-electron chi connectivity index (χ1n) is 6.71. The molecule has 0 atom stereocenters. The maximum atomic E-state index is 5.79. The van der Waals surface area contributed by atoms with Gasteiger partial charge in [-0.25, -0.2) is 0 Å². The second-order valence-corrected chi connectivity index (χ2v) is 5.48. The zero-order chi connectivity index (χ0) is 12.8. The van der Waals surface area contributed by atoms with E-state index in [2.05, 4.69) is 31.2 Å². The van der Waals surface area contributed by atoms with E-state index in [0.717, 1.165) is 51.4 Å². The number of nitrogens with two attached hydrogens (primary N) is 1. The summed E-state index contributed by atoms with van der Waals surface area (Å²) in [4.78, 5) is 0. The van der Waals surface area contributed by atoms with E-state index in [9.17, 15) is 0 Å². The predicted molar refractivity (Wildman–Crippen MR) is 72.9 cm³/mol. The molecule has 0 unspecified atom stereocenters. The molecule has 0 saturated carbocycles. The van der Waals surface area contributed by atoms with Crippen LogP contribution in [0.4, 0.5) is 0 Å². The van der Waals surface area contributed by atoms with Gasteiger partial charge in [-0.15, -0.1) is 0 Å². The third-order valence-electron chi connectivity index (χ3n) is 3.33. The van der Waals surface area contributed by atoms with E-state index in [1.807, 2.05) is 0 Å². The molecule has 1 saturated heterocycles. The summed E-state index contributed by atoms with van der Waals surface area (Å²) in [6.07, 6.45) is 3.35. The van der Waals surface area contributed by atoms with Gasteiger partial charge in [0, 0.05) is 5.41 Å². The first-order chi connectivity index (χ1) is 8.72. The highest BCUT2D eigenvalue weighted by Gasteiger charge is 2.34. The Morgan fingerprint density at radius 3 is 2.50 bits per heavy atom. The summed E-state index contributed by atoms with van der Waals surface area (Å²) in [6, 6.07) is 8.40. The average Bonchev–Trinajstić information content (AvgIpc) is 2.36. The fourth-order valence-corrected chi connectivity index (χ4v) is 2.02. The van der Waals surface area contributed by atoms with E-state index in [1.165, 1.54) is 5.56 Å². The Labute approximate surface area is 109 Å². The van der Waals surface area contributed by atoms with Crippen LogP contribution >= 0.6 is 0 Å². The molecule has 1 aromatic carbocycles. The molecule has 18 heavy (non-hydrogen) atoms. The van der Waals surface area contributed by atoms with Crippen molar-refractivity contribution in [1.82, 2.24) is 0 Å². The van der Waals surface area contributed by atoms with Crippen LogP contribution in [0.5, 0.6) is 5.75 Å². The zero-order valence-electron chi connectivity index (χ0n) is 11.2. The number of ether oxygens (including phenoxy) is 2. The molecule has 0 radical (unpaired) electrons. The summed E-state index contributed by atoms with van der Waals surface area (Å²) in [7, 11) is 0. The zero-order valence-corrected chi connectivity index (χ0v) is 11.2. The molecule has 0 spiro atoms. The summed E-state index contributed by atoms with van der Waals surface area (Å²) in [5.74, 6) is 0.950. The summed E-state index contributed by atoms with van der Waals surface area (Å²) < 4.78 is 11.0. The highest BCUT2D eigenvalue weighted by atomic mass is 16.5. The Bertz CT molecular complexity index is 357. The van der Waals surface area contributed by atoms with E-state index in [-0.39, 0.29) is 5.41 Å². The quantitative estimate of drug-likeness (QED) is 0.755. The Morgan fingerprint density at radius 1 is 1.22 bits per heavy atom. The van der Waals surface area contributed by atoms with Gasteiger partial charge in [0.2, 0.25) is 0 Å². The summed E-state index contributed by atoms with van der Waals surface area (Å²) >= 11 is 0. The molecule has 0 amide bonds. The summed E-state index contributed by atoms with van der Waals surface area (Å²) in [5, 5.41) is 0. The first kappa shape index (κ1) is 13.4. The molecule has 0 bridgehead atoms. The van der Waals surface area contributed by atoms with Crippen LogP contribution in [-0.2, 0) is 11.2 Å². The van der Waals surface area contributed by atoms with Gasteiger partial charge in [-0.1, -0.05) is 19.1 Å². The molecular formula is C15H23NO2. The van der Waals surface area contributed by atoms with Crippen molar-refractivity contribution in [2.45, 2.75) is 26.2 Å². The van der Waals surface area contributed by atoms with Crippen LogP contribution in [0.15, 0.2) is 24.3 Å². The highest BCUT2D eigenvalue weighted by molar-refractivity contribution is 5.27. The SMILES string of the molecule is CC1(COc2ccc(CCCCN)cc2)COC1. The Kier molecular flexibility index (Phi) is 4.61. The van der Waals surface area contributed by atoms with Gasteiger partial charge in [-0.2, -0.15) is 0 Å². The molecule has 2 N–H and O–H groups in total. The Hall–Kier alpha value is -1.06. The van der Waals surface area contributed by atoms with Gasteiger partial charge in [-0.05, 0) is 43.5 Å². The molecular weight excluding hydrogens is 226 g/mol. The van der Waals surface area contributed by atoms with Crippen LogP contribution < -0.4 is 10.5 Å². The molecule has 1 aliphatic heterocycles. The van der Waals surface area contributed by atoms with Gasteiger partial charge in [0.25, 0.3) is 0 Å². The van der Waals surface area contributed by atoms with Crippen molar-refractivity contribution >= 4 is 0 Å². The second kappa shape index (κ2) is 6.21. The fourth-order valence-electron chi connectivity index (χ4n) is 2.02. The van der Waals surface area contributed by atoms with Crippen molar-refractivity contribution in [1.29, 1.82) is 0 Å². The van der Waals surface area contributed by atoms with E-state index in [4.69, 9.17) is 15.2 Å². The van der Waals surface area contributed by atoms with Crippen LogP contribution in [0.25, 0.3) is 0 Å². The summed E-state index contributed by atoms with van der Waals surface area (Å²) in [6.45, 7) is 5.33. The predicted octanol–water partition coefficient (Wildman–Crippen LogP) is 2.38. The molecule has 1 aromatic rings. The largest absolute Gasteiger partial charge is 0.493 e. The van der Waals surface area contributed by atoms with Crippen molar-refractivity contribution < 1.29 is 9.47 Å². The van der Waals surface area contributed by atoms with Gasteiger partial charge in [0.1, 0.15) is 5.75 Å². The molecule has 0 aromatic heterocycles. The van der Waals surface area contributed by atoms with Crippen LogP contribution in [-0.4, -0.2) is 26.4 Å². The van der Waals surface area contributed by atoms with E-state index in [1.54, 1.807) is 0 Å². The van der Waals surface area contributed by atoms with Crippen molar-refractivity contribution in [2.75, 3.05) is 26.4 Å². The van der Waals surface area contributed by atoms with Gasteiger partial charge in [-0.3, -0.25) is 0 Å². The number of unbranched alkanes of at least 4 members (excludes halogenated alkanes) is 1. The Balaban J connectivity index is 1.76. The Morgan fingerprint density at radius 2 is 1.94 bits per heavy atom. The average molecular weight is 249 g/mol. The van der Waals surface area contributed by atoms with Crippen molar-refractivity contribution in [3.63, 3.8) is 0 Å². The van der Waals surface area contributed by atoms with Gasteiger partial charge in [0.15, 0.2) is 0 Å². The van der Waals surface area contributed by atoms with Gasteiger partial charge < -0.3 is 15.2 Å². The van der Waals surface area contributed by atoms with Crippen LogP contribution in [0.1, 0.15) is 25.3 Å². The molecule has 1 aliphatic rings. The second-order valence-electron chi connectivity index (χ2n) is 5.48. The van der Waals surface area contributed by atoms with Crippen LogP contribution in [0, 0.1) is 5.41 Å². The van der Waals surface area contributed by atoms with Crippen molar-refractivity contribution in [3.05, 3.63) is 29.8 Å². The number of hydrogen-bond acceptors (Lipinski definition) is 3. The first-order valence-corrected chi connectivity index (χ1v) is 6.71. The molecule has 3 nitrogen and oxygen atoms in total. The van der Waals surface area contributed by atoms with Crippen molar-refractivity contribution in [3.8, 4) is 5.75 Å². The molecule has 1 heterocycles. The minimum atomic E-state index is 0.208. The lowest BCUT2D eigenvalue weighted by atomic mass is 9.90. The molecule has 0 aliphatic carbocycles. The molecule has 2 rings (SSSR count). The van der Waals surface area contributed by atoms with Gasteiger partial charge >= 0.3 is 0 Å². The minimum Gasteiger partial charge on any atom is -0.493 e. The van der Waals surface area contributed by atoms with Crippen molar-refractivity contribution in [2.24, 2.45) is 11.1 Å². The highest BCUT2D eigenvalue weighted by Crippen LogP contribution is 2.27. The van der Waals surface area contributed by atoms with Crippen LogP contribution in [0.3, 0.4) is 0 Å². The summed E-state index contributed by atoms with van der Waals surface area (Å²) in [5.41, 5.74) is 7.05. The third kappa shape index (κ3) is 3.72. The van der Waals surface area contributed by atoms with E-state index in [0.29, 0.717) is 0 Å². The number of hydrogen-bond donors (Lipinski definition) is 1. The number of rotatable bonds is 7. The third-order valence-corrected chi connectivity index (χ3v) is 3.33. The van der Waals surface area contributed by atoms with Gasteiger partial charge in [0.05, 0.1) is 19.8 Å².